The minimum Gasteiger partial charge on any atom is -0.478 e. The van der Waals surface area contributed by atoms with Gasteiger partial charge in [0.15, 0.2) is 37.7 Å². The summed E-state index contributed by atoms with van der Waals surface area (Å²) in [6.45, 7) is -5.39. The average molecular weight is 1230 g/mol. The average Bonchev–Trinajstić information content (AvgIpc) is 2.14. The summed E-state index contributed by atoms with van der Waals surface area (Å²) in [7, 11) is 0. The van der Waals surface area contributed by atoms with Gasteiger partial charge in [-0.15, -0.1) is 0 Å². The lowest BCUT2D eigenvalue weighted by molar-refractivity contribution is -0.393. The van der Waals surface area contributed by atoms with Crippen LogP contribution in [0.4, 0.5) is 5.69 Å². The van der Waals surface area contributed by atoms with Crippen molar-refractivity contribution in [1.29, 1.82) is 0 Å². The molecule has 38 nitrogen and oxygen atoms in total. The highest BCUT2D eigenvalue weighted by molar-refractivity contribution is 5.91. The molecule has 0 spiro atoms. The van der Waals surface area contributed by atoms with Crippen molar-refractivity contribution in [3.05, 3.63) is 33.9 Å². The Kier molecular flexibility index (Phi) is 22.5. The van der Waals surface area contributed by atoms with E-state index >= 15 is 0 Å². The highest BCUT2D eigenvalue weighted by atomic mass is 16.8. The number of benzene rings is 1. The largest absolute Gasteiger partial charge is 0.478 e. The lowest BCUT2D eigenvalue weighted by atomic mass is 9.95. The minimum absolute atomic E-state index is 0.496. The Hall–Kier alpha value is -3.39. The molecule has 7 heterocycles. The lowest BCUT2D eigenvalue weighted by Gasteiger charge is -2.49. The lowest BCUT2D eigenvalue weighted by Crippen LogP contribution is -2.68. The van der Waals surface area contributed by atoms with Crippen molar-refractivity contribution in [2.75, 3.05) is 46.2 Å². The van der Waals surface area contributed by atoms with Crippen LogP contribution in [0.15, 0.2) is 18.2 Å². The third-order valence-electron chi connectivity index (χ3n) is 14.9. The molecule has 1 aromatic carbocycles. The Labute approximate surface area is 471 Å². The van der Waals surface area contributed by atoms with Crippen LogP contribution in [0.25, 0.3) is 0 Å². The monoisotopic (exact) mass is 1230 g/mol. The summed E-state index contributed by atoms with van der Waals surface area (Å²) in [6.07, 6.45) is -62.8. The van der Waals surface area contributed by atoms with Crippen molar-refractivity contribution in [1.82, 2.24) is 0 Å². The standard InChI is InChI=1S/C46H69NO37/c48-4-17-36(26(57)33(64)43(78-17)77-16-2-1-11(47(69)70)3-12(16)39(67)68)82-45-34(65)27(58)38(20(80-45)10-76-42-31(62)23(54)15(51)7-73-42)84-46-35(66)28(59)37(19(81-46)9-75-41-30(61)22(53)14(50)6-72-41)83-44-32(63)25(56)24(55)18(79-44)8-74-40-29(60)21(52)13(49)5-71-40/h1-3,13-15,17-38,40-46,48-66H,4-10H2,(H,67,68)/t13-,14-,15-,17+,18?,19+,20?,21+,22?,23+,24-,25+,26?,27-,28?,29?,30?,31?,32?,33?,34?,35?,36-,37-,38-,40-,41-,42-,43-,44+,45+,46+/m1/s1. The Morgan fingerprint density at radius 1 is 0.452 bits per heavy atom. The molecule has 0 amide bonds. The predicted molar refractivity (Wildman–Crippen MR) is 252 cm³/mol. The second-order valence-electron chi connectivity index (χ2n) is 20.7. The maximum atomic E-state index is 12.0. The summed E-state index contributed by atoms with van der Waals surface area (Å²) in [4.78, 5) is 22.4. The second kappa shape index (κ2) is 28.4. The van der Waals surface area contributed by atoms with Gasteiger partial charge < -0.3 is 168 Å². The maximum absolute atomic E-state index is 12.0. The number of carboxylic acid groups (broad SMARTS) is 1. The number of aliphatic hydroxyl groups is 19. The summed E-state index contributed by atoms with van der Waals surface area (Å²) in [6, 6.07) is 2.36. The molecule has 0 saturated carbocycles. The van der Waals surface area contributed by atoms with Gasteiger partial charge in [0, 0.05) is 12.1 Å². The van der Waals surface area contributed by atoms with Crippen molar-refractivity contribution >= 4 is 11.7 Å². The van der Waals surface area contributed by atoms with Crippen molar-refractivity contribution in [2.24, 2.45) is 0 Å². The first kappa shape index (κ1) is 66.6. The van der Waals surface area contributed by atoms with Crippen LogP contribution in [0.2, 0.25) is 0 Å². The normalized spacial score (nSPS) is 47.7. The first-order valence-electron chi connectivity index (χ1n) is 26.0. The molecule has 480 valence electrons. The molecule has 7 saturated heterocycles. The van der Waals surface area contributed by atoms with Crippen molar-refractivity contribution < 1.29 is 178 Å². The van der Waals surface area contributed by atoms with Crippen LogP contribution in [0.3, 0.4) is 0 Å². The fourth-order valence-electron chi connectivity index (χ4n) is 9.96. The second-order valence-corrected chi connectivity index (χ2v) is 20.7. The molecule has 32 atom stereocenters. The number of rotatable bonds is 20. The zero-order chi connectivity index (χ0) is 61.3. The van der Waals surface area contributed by atoms with Gasteiger partial charge in [0.05, 0.1) is 51.2 Å². The van der Waals surface area contributed by atoms with E-state index in [1.54, 1.807) is 0 Å². The molecular weight excluding hydrogens is 1160 g/mol. The first-order valence-corrected chi connectivity index (χ1v) is 26.0. The molecular formula is C46H69NO37. The van der Waals surface area contributed by atoms with E-state index in [1.807, 2.05) is 0 Å². The van der Waals surface area contributed by atoms with E-state index in [9.17, 15) is 117 Å². The molecule has 0 bridgehead atoms. The molecule has 0 aromatic heterocycles. The van der Waals surface area contributed by atoms with Gasteiger partial charge in [0.2, 0.25) is 6.29 Å². The minimum atomic E-state index is -2.36. The summed E-state index contributed by atoms with van der Waals surface area (Å²) >= 11 is 0. The molecule has 0 aliphatic carbocycles. The highest BCUT2D eigenvalue weighted by Gasteiger charge is 2.57. The number of nitro benzene ring substituents is 1. The SMILES string of the molecule is O=C(O)c1cc([N+](=O)[O-])ccc1O[C@@H]1O[C@@H](CO)[C@@H](O[C@@H]2OC(CO[C@H]3OC[C@@H](O)[C@H](O)C3O)[C@@H](O[C@@H]3O[C@@H](CO[C@H]4OC[C@@H](O)C(O)C4O)[C@@H](O[C@@H]4OC(CO[C@H]5OC[C@@H](O)[C@H](O)C5O)[C@@H](O)[C@H](O)C4O)C(O)C3O)[C@H](O)C2O)C(O)C1O. The third kappa shape index (κ3) is 14.4. The Bertz CT molecular complexity index is 2300. The van der Waals surface area contributed by atoms with E-state index in [1.165, 1.54) is 0 Å². The first-order chi connectivity index (χ1) is 39.7. The molecule has 38 heteroatoms. The number of non-ortho nitro benzene ring substituents is 1. The van der Waals surface area contributed by atoms with E-state index < -0.39 is 271 Å². The van der Waals surface area contributed by atoms with Gasteiger partial charge >= 0.3 is 5.97 Å². The number of aliphatic hydroxyl groups excluding tert-OH is 19. The maximum Gasteiger partial charge on any atom is 0.339 e. The van der Waals surface area contributed by atoms with Gasteiger partial charge in [-0.25, -0.2) is 4.79 Å². The third-order valence-corrected chi connectivity index (χ3v) is 14.9. The Morgan fingerprint density at radius 2 is 0.798 bits per heavy atom. The fourth-order valence-corrected chi connectivity index (χ4v) is 9.96. The number of aromatic carboxylic acids is 1. The number of ether oxygens (including phenoxy) is 14. The number of hydrogen-bond donors (Lipinski definition) is 20. The zero-order valence-corrected chi connectivity index (χ0v) is 43.5. The summed E-state index contributed by atoms with van der Waals surface area (Å²) in [5, 5.41) is 226. The van der Waals surface area contributed by atoms with Gasteiger partial charge in [0.1, 0.15) is 164 Å². The number of nitro groups is 1. The molecule has 20 N–H and O–H groups in total. The number of nitrogens with zero attached hydrogens (tertiary/aromatic N) is 1. The Balaban J connectivity index is 1.02. The van der Waals surface area contributed by atoms with E-state index in [2.05, 4.69) is 0 Å². The number of hydrogen-bond acceptors (Lipinski definition) is 36. The highest BCUT2D eigenvalue weighted by Crippen LogP contribution is 2.37. The molecule has 12 unspecified atom stereocenters. The van der Waals surface area contributed by atoms with E-state index in [0.29, 0.717) is 6.07 Å². The van der Waals surface area contributed by atoms with Gasteiger partial charge in [-0.3, -0.25) is 10.1 Å². The predicted octanol–water partition coefficient (Wildman–Crippen LogP) is -12.7. The van der Waals surface area contributed by atoms with E-state index in [4.69, 9.17) is 66.3 Å². The summed E-state index contributed by atoms with van der Waals surface area (Å²) in [5.74, 6) is -2.31. The van der Waals surface area contributed by atoms with Crippen LogP contribution < -0.4 is 4.74 Å². The van der Waals surface area contributed by atoms with Gasteiger partial charge in [0.25, 0.3) is 5.69 Å². The van der Waals surface area contributed by atoms with Crippen molar-refractivity contribution in [3.8, 4) is 5.75 Å². The van der Waals surface area contributed by atoms with Crippen molar-refractivity contribution in [2.45, 2.75) is 197 Å². The zero-order valence-electron chi connectivity index (χ0n) is 43.5. The molecule has 7 aliphatic heterocycles. The van der Waals surface area contributed by atoms with Crippen LogP contribution in [0, 0.1) is 10.1 Å². The van der Waals surface area contributed by atoms with Crippen LogP contribution in [-0.4, -0.2) is 356 Å². The number of carboxylic acids is 1. The Morgan fingerprint density at radius 3 is 1.19 bits per heavy atom. The molecule has 8 rings (SSSR count). The smallest absolute Gasteiger partial charge is 0.339 e. The summed E-state index contributed by atoms with van der Waals surface area (Å²) in [5.41, 5.74) is -1.43. The van der Waals surface area contributed by atoms with Crippen LogP contribution in [0.1, 0.15) is 10.4 Å². The molecule has 7 fully saturated rings. The van der Waals surface area contributed by atoms with Gasteiger partial charge in [-0.1, -0.05) is 0 Å². The quantitative estimate of drug-likeness (QED) is 0.0426. The summed E-state index contributed by atoms with van der Waals surface area (Å²) < 4.78 is 79.0. The van der Waals surface area contributed by atoms with E-state index in [0.717, 1.165) is 12.1 Å². The van der Waals surface area contributed by atoms with Crippen LogP contribution >= 0.6 is 0 Å². The molecule has 84 heavy (non-hydrogen) atoms. The number of carbonyl (C=O) groups is 1. The van der Waals surface area contributed by atoms with Crippen molar-refractivity contribution in [3.63, 3.8) is 0 Å². The molecule has 0 radical (unpaired) electrons. The molecule has 7 aliphatic rings. The topological polar surface area (TPSA) is 594 Å². The van der Waals surface area contributed by atoms with Gasteiger partial charge in [-0.05, 0) is 6.07 Å². The molecule has 1 aromatic rings. The fraction of sp³-hybridized carbons (Fsp3) is 0.848. The van der Waals surface area contributed by atoms with Crippen LogP contribution in [-0.2, 0) is 61.6 Å². The van der Waals surface area contributed by atoms with Crippen LogP contribution in [0.5, 0.6) is 5.75 Å². The van der Waals surface area contributed by atoms with E-state index in [-0.39, 0.29) is 0 Å². The van der Waals surface area contributed by atoms with Gasteiger partial charge in [-0.2, -0.15) is 0 Å².